The molecule has 1 fully saturated rings. The van der Waals surface area contributed by atoms with E-state index in [1.165, 1.54) is 0 Å². The molecule has 0 aromatic rings. The Morgan fingerprint density at radius 3 is 2.84 bits per heavy atom. The van der Waals surface area contributed by atoms with Crippen molar-refractivity contribution >= 4 is 29.9 Å². The smallest absolute Gasteiger partial charge is 0.260 e. The van der Waals surface area contributed by atoms with Gasteiger partial charge < -0.3 is 5.32 Å². The van der Waals surface area contributed by atoms with Crippen LogP contribution >= 0.6 is 12.4 Å². The molecule has 6 heteroatoms. The number of aliphatic imine (C=N–C) groups is 2. The van der Waals surface area contributed by atoms with Gasteiger partial charge in [0.25, 0.3) is 5.91 Å². The van der Waals surface area contributed by atoms with E-state index in [0.717, 1.165) is 31.9 Å². The van der Waals surface area contributed by atoms with Gasteiger partial charge in [0, 0.05) is 26.2 Å². The maximum atomic E-state index is 11.9. The van der Waals surface area contributed by atoms with E-state index in [1.54, 1.807) is 0 Å². The van der Waals surface area contributed by atoms with E-state index in [1.807, 2.05) is 24.3 Å². The molecular weight excluding hydrogens is 264 g/mol. The van der Waals surface area contributed by atoms with Crippen molar-refractivity contribution in [3.63, 3.8) is 0 Å². The predicted molar refractivity (Wildman–Crippen MR) is 78.2 cm³/mol. The lowest BCUT2D eigenvalue weighted by Gasteiger charge is -2.27. The van der Waals surface area contributed by atoms with Gasteiger partial charge in [-0.1, -0.05) is 18.2 Å². The third kappa shape index (κ3) is 3.18. The van der Waals surface area contributed by atoms with Crippen LogP contribution in [0.25, 0.3) is 0 Å². The fraction of sp³-hybridized carbons (Fsp3) is 0.462. The highest BCUT2D eigenvalue weighted by Crippen LogP contribution is 2.16. The summed E-state index contributed by atoms with van der Waals surface area (Å²) < 4.78 is 0. The Bertz CT molecular complexity index is 475. The summed E-state index contributed by atoms with van der Waals surface area (Å²) in [5, 5.41) is 3.30. The average Bonchev–Trinajstić information content (AvgIpc) is 2.40. The number of fused-ring (bicyclic) bond motifs is 1. The molecule has 1 unspecified atom stereocenters. The second-order valence-electron chi connectivity index (χ2n) is 4.65. The Hall–Kier alpha value is -1.30. The SMILES string of the molecule is Cl.O=C1N=C(CN2CCNCC2)N=C2C=CC=CC12. The molecule has 0 saturated carbocycles. The first-order chi connectivity index (χ1) is 8.83. The largest absolute Gasteiger partial charge is 0.314 e. The summed E-state index contributed by atoms with van der Waals surface area (Å²) in [5.74, 6) is 0.292. The van der Waals surface area contributed by atoms with Crippen molar-refractivity contribution < 1.29 is 4.79 Å². The third-order valence-corrected chi connectivity index (χ3v) is 3.34. The zero-order valence-corrected chi connectivity index (χ0v) is 11.4. The van der Waals surface area contributed by atoms with Gasteiger partial charge in [-0.2, -0.15) is 4.99 Å². The summed E-state index contributed by atoms with van der Waals surface area (Å²) in [6.07, 6.45) is 7.54. The molecule has 3 rings (SSSR count). The average molecular weight is 281 g/mol. The molecule has 0 radical (unpaired) electrons. The van der Waals surface area contributed by atoms with Crippen LogP contribution in [0.1, 0.15) is 0 Å². The highest BCUT2D eigenvalue weighted by atomic mass is 35.5. The number of allylic oxidation sites excluding steroid dienone is 3. The minimum absolute atomic E-state index is 0. The van der Waals surface area contributed by atoms with Crippen molar-refractivity contribution in [3.05, 3.63) is 24.3 Å². The lowest BCUT2D eigenvalue weighted by molar-refractivity contribution is -0.118. The fourth-order valence-corrected chi connectivity index (χ4v) is 2.36. The summed E-state index contributed by atoms with van der Waals surface area (Å²) in [4.78, 5) is 22.8. The fourth-order valence-electron chi connectivity index (χ4n) is 2.36. The molecule has 0 bridgehead atoms. The van der Waals surface area contributed by atoms with Crippen molar-refractivity contribution in [2.45, 2.75) is 0 Å². The molecule has 2 aliphatic heterocycles. The van der Waals surface area contributed by atoms with Crippen molar-refractivity contribution in [2.24, 2.45) is 15.9 Å². The summed E-state index contributed by atoms with van der Waals surface area (Å²) in [5.41, 5.74) is 0.822. The Balaban J connectivity index is 0.00000133. The van der Waals surface area contributed by atoms with Gasteiger partial charge in [0.2, 0.25) is 0 Å². The summed E-state index contributed by atoms with van der Waals surface area (Å²) in [7, 11) is 0. The van der Waals surface area contributed by atoms with E-state index in [9.17, 15) is 4.79 Å². The van der Waals surface area contributed by atoms with Crippen LogP contribution in [0.2, 0.25) is 0 Å². The highest BCUT2D eigenvalue weighted by Gasteiger charge is 2.26. The number of piperazine rings is 1. The van der Waals surface area contributed by atoms with E-state index in [-0.39, 0.29) is 24.2 Å². The summed E-state index contributed by atoms with van der Waals surface area (Å²) in [6, 6.07) is 0. The lowest BCUT2D eigenvalue weighted by Crippen LogP contribution is -2.46. The van der Waals surface area contributed by atoms with Crippen LogP contribution in [0.3, 0.4) is 0 Å². The Kier molecular flexibility index (Phi) is 4.63. The third-order valence-electron chi connectivity index (χ3n) is 3.34. The molecule has 0 aromatic heterocycles. The van der Waals surface area contributed by atoms with Gasteiger partial charge in [-0.05, 0) is 6.08 Å². The minimum atomic E-state index is -0.262. The van der Waals surface area contributed by atoms with Crippen LogP contribution in [0.5, 0.6) is 0 Å². The maximum Gasteiger partial charge on any atom is 0.260 e. The van der Waals surface area contributed by atoms with Crippen LogP contribution in [0, 0.1) is 5.92 Å². The molecule has 1 atom stereocenters. The van der Waals surface area contributed by atoms with Gasteiger partial charge in [0.15, 0.2) is 0 Å². The summed E-state index contributed by atoms with van der Waals surface area (Å²) >= 11 is 0. The van der Waals surface area contributed by atoms with Gasteiger partial charge in [-0.3, -0.25) is 9.69 Å². The van der Waals surface area contributed by atoms with E-state index in [2.05, 4.69) is 20.2 Å². The molecule has 1 aliphatic carbocycles. The number of rotatable bonds is 2. The molecule has 0 spiro atoms. The number of amides is 1. The van der Waals surface area contributed by atoms with E-state index >= 15 is 0 Å². The van der Waals surface area contributed by atoms with Crippen LogP contribution in [0.15, 0.2) is 34.3 Å². The van der Waals surface area contributed by atoms with E-state index in [4.69, 9.17) is 0 Å². The number of amidine groups is 1. The number of nitrogens with one attached hydrogen (secondary N) is 1. The van der Waals surface area contributed by atoms with E-state index in [0.29, 0.717) is 12.4 Å². The quantitative estimate of drug-likeness (QED) is 0.798. The minimum Gasteiger partial charge on any atom is -0.314 e. The molecule has 0 aromatic carbocycles. The second-order valence-corrected chi connectivity index (χ2v) is 4.65. The van der Waals surface area contributed by atoms with E-state index < -0.39 is 0 Å². The molecular formula is C13H17ClN4O. The zero-order chi connectivity index (χ0) is 12.4. The standard InChI is InChI=1S/C13H16N4O.ClH/c18-13-10-3-1-2-4-11(10)15-12(16-13)9-17-7-5-14-6-8-17;/h1-4,10,14H,5-9H2;1H. The first-order valence-electron chi connectivity index (χ1n) is 6.31. The van der Waals surface area contributed by atoms with Gasteiger partial charge in [0.05, 0.1) is 12.3 Å². The Morgan fingerprint density at radius 2 is 2.05 bits per heavy atom. The number of carbonyl (C=O) groups is 1. The van der Waals surface area contributed by atoms with Crippen molar-refractivity contribution in [1.82, 2.24) is 10.2 Å². The molecule has 3 aliphatic rings. The molecule has 1 saturated heterocycles. The van der Waals surface area contributed by atoms with Crippen molar-refractivity contribution in [2.75, 3.05) is 32.7 Å². The molecule has 1 amide bonds. The number of hydrogen-bond acceptors (Lipinski definition) is 4. The van der Waals surface area contributed by atoms with Crippen molar-refractivity contribution in [3.8, 4) is 0 Å². The number of nitrogens with zero attached hydrogens (tertiary/aromatic N) is 3. The number of carbonyl (C=O) groups excluding carboxylic acids is 1. The van der Waals surface area contributed by atoms with Gasteiger partial charge >= 0.3 is 0 Å². The van der Waals surface area contributed by atoms with Crippen LogP contribution in [0.4, 0.5) is 0 Å². The van der Waals surface area contributed by atoms with Crippen LogP contribution in [-0.4, -0.2) is 55.1 Å². The lowest BCUT2D eigenvalue weighted by atomic mass is 9.96. The van der Waals surface area contributed by atoms with Crippen molar-refractivity contribution in [1.29, 1.82) is 0 Å². The molecule has 5 nitrogen and oxygen atoms in total. The second kappa shape index (κ2) is 6.23. The molecule has 19 heavy (non-hydrogen) atoms. The maximum absolute atomic E-state index is 11.9. The van der Waals surface area contributed by atoms with Gasteiger partial charge in [0.1, 0.15) is 11.8 Å². The predicted octanol–water partition coefficient (Wildman–Crippen LogP) is 0.435. The molecule has 2 heterocycles. The Morgan fingerprint density at radius 1 is 1.26 bits per heavy atom. The molecule has 1 N–H and O–H groups in total. The number of hydrogen-bond donors (Lipinski definition) is 1. The highest BCUT2D eigenvalue weighted by molar-refractivity contribution is 6.21. The normalized spacial score (nSPS) is 26.3. The van der Waals surface area contributed by atoms with Gasteiger partial charge in [-0.15, -0.1) is 12.4 Å². The van der Waals surface area contributed by atoms with Gasteiger partial charge in [-0.25, -0.2) is 4.99 Å². The monoisotopic (exact) mass is 280 g/mol. The molecule has 102 valence electrons. The first kappa shape index (κ1) is 14.1. The van der Waals surface area contributed by atoms with Crippen LogP contribution < -0.4 is 5.32 Å². The topological polar surface area (TPSA) is 57.1 Å². The first-order valence-corrected chi connectivity index (χ1v) is 6.31. The van der Waals surface area contributed by atoms with Crippen LogP contribution in [-0.2, 0) is 4.79 Å². The Labute approximate surface area is 118 Å². The zero-order valence-electron chi connectivity index (χ0n) is 10.6. The summed E-state index contributed by atoms with van der Waals surface area (Å²) in [6.45, 7) is 4.61. The number of halogens is 1.